The van der Waals surface area contributed by atoms with Gasteiger partial charge in [-0.15, -0.1) is 0 Å². The third-order valence-corrected chi connectivity index (χ3v) is 11.5. The van der Waals surface area contributed by atoms with Crippen LogP contribution in [0.15, 0.2) is 192 Å². The van der Waals surface area contributed by atoms with E-state index in [4.69, 9.17) is 19.4 Å². The maximum absolute atomic E-state index is 6.77. The van der Waals surface area contributed by atoms with Crippen LogP contribution in [0.4, 0.5) is 0 Å². The summed E-state index contributed by atoms with van der Waals surface area (Å²) in [7, 11) is 0. The summed E-state index contributed by atoms with van der Waals surface area (Å²) in [5, 5.41) is 13.7. The Morgan fingerprint density at radius 3 is 1.67 bits per heavy atom. The van der Waals surface area contributed by atoms with E-state index >= 15 is 0 Å². The summed E-state index contributed by atoms with van der Waals surface area (Å²) in [6, 6.07) is 66.3. The summed E-state index contributed by atoms with van der Waals surface area (Å²) in [4.78, 5) is 16.1. The van der Waals surface area contributed by atoms with Gasteiger partial charge >= 0.3 is 0 Å². The largest absolute Gasteiger partial charge is 0.455 e. The van der Waals surface area contributed by atoms with Crippen molar-refractivity contribution in [2.75, 3.05) is 0 Å². The molecule has 0 aliphatic rings. The van der Waals surface area contributed by atoms with E-state index in [-0.39, 0.29) is 0 Å². The first-order chi connectivity index (χ1) is 28.2. The standard InChI is InChI=1S/C53H31N3O/c1-2-13-35-29-37(25-21-32(35)11-1)41-27-28-45(49-44-19-9-10-20-48(44)57-50(41)49)52-54-51(38-26-24-34-23-22-33-12-3-5-15-39(33)46(34)31-38)55-53(56-52)47-30-36-14-4-6-16-40(36)42-17-7-8-18-43(42)47/h1-31H. The molecule has 0 spiro atoms. The predicted molar refractivity (Wildman–Crippen MR) is 236 cm³/mol. The van der Waals surface area contributed by atoms with Crippen molar-refractivity contribution in [3.8, 4) is 45.3 Å². The number of fused-ring (bicyclic) bond motifs is 10. The number of hydrogen-bond donors (Lipinski definition) is 0. The zero-order chi connectivity index (χ0) is 37.5. The van der Waals surface area contributed by atoms with E-state index in [1.165, 1.54) is 32.3 Å². The molecule has 12 rings (SSSR count). The second-order valence-corrected chi connectivity index (χ2v) is 14.7. The first-order valence-electron chi connectivity index (χ1n) is 19.3. The molecule has 10 aromatic carbocycles. The van der Waals surface area contributed by atoms with Crippen LogP contribution in [0.1, 0.15) is 0 Å². The zero-order valence-corrected chi connectivity index (χ0v) is 30.6. The fourth-order valence-corrected chi connectivity index (χ4v) is 8.73. The Labute approximate surface area is 327 Å². The SMILES string of the molecule is c1ccc2cc(-c3ccc(-c4nc(-c5ccc6ccc7ccccc7c6c5)nc(-c5cc6ccccc6c6ccccc56)n4)c4c3oc3ccccc34)ccc2c1. The highest BCUT2D eigenvalue weighted by molar-refractivity contribution is 6.17. The van der Waals surface area contributed by atoms with E-state index in [0.29, 0.717) is 17.5 Å². The van der Waals surface area contributed by atoms with E-state index < -0.39 is 0 Å². The summed E-state index contributed by atoms with van der Waals surface area (Å²) in [6.45, 7) is 0. The molecule has 0 N–H and O–H groups in total. The molecule has 0 atom stereocenters. The molecule has 4 nitrogen and oxygen atoms in total. The molecule has 0 amide bonds. The van der Waals surface area contributed by atoms with Gasteiger partial charge in [-0.2, -0.15) is 0 Å². The van der Waals surface area contributed by atoms with Gasteiger partial charge in [-0.05, 0) is 95.8 Å². The molecule has 12 aromatic rings. The quantitative estimate of drug-likeness (QED) is 0.170. The van der Waals surface area contributed by atoms with Gasteiger partial charge in [0.2, 0.25) is 0 Å². The van der Waals surface area contributed by atoms with Gasteiger partial charge in [-0.1, -0.05) is 152 Å². The number of furan rings is 1. The second kappa shape index (κ2) is 12.4. The molecular formula is C53H31N3O. The van der Waals surface area contributed by atoms with E-state index in [1.54, 1.807) is 0 Å². The summed E-state index contributed by atoms with van der Waals surface area (Å²) in [6.07, 6.45) is 0. The second-order valence-electron chi connectivity index (χ2n) is 14.7. The summed E-state index contributed by atoms with van der Waals surface area (Å²) >= 11 is 0. The number of hydrogen-bond acceptors (Lipinski definition) is 4. The fourth-order valence-electron chi connectivity index (χ4n) is 8.73. The van der Waals surface area contributed by atoms with Gasteiger partial charge in [0.15, 0.2) is 17.5 Å². The molecule has 0 saturated heterocycles. The summed E-state index contributed by atoms with van der Waals surface area (Å²) < 4.78 is 6.77. The van der Waals surface area contributed by atoms with Crippen LogP contribution in [0.5, 0.6) is 0 Å². The lowest BCUT2D eigenvalue weighted by atomic mass is 9.95. The lowest BCUT2D eigenvalue weighted by molar-refractivity contribution is 0.670. The first kappa shape index (κ1) is 31.6. The minimum atomic E-state index is 0.590. The molecule has 264 valence electrons. The van der Waals surface area contributed by atoms with Crippen LogP contribution < -0.4 is 0 Å². The van der Waals surface area contributed by atoms with Crippen molar-refractivity contribution < 1.29 is 4.42 Å². The van der Waals surface area contributed by atoms with Gasteiger partial charge in [0.25, 0.3) is 0 Å². The summed E-state index contributed by atoms with van der Waals surface area (Å²) in [5.41, 5.74) is 6.51. The predicted octanol–water partition coefficient (Wildman–Crippen LogP) is 14.2. The zero-order valence-electron chi connectivity index (χ0n) is 30.6. The minimum absolute atomic E-state index is 0.590. The Kier molecular flexibility index (Phi) is 6.89. The van der Waals surface area contributed by atoms with E-state index in [0.717, 1.165) is 71.3 Å². The minimum Gasteiger partial charge on any atom is -0.455 e. The highest BCUT2D eigenvalue weighted by atomic mass is 16.3. The van der Waals surface area contributed by atoms with Crippen LogP contribution in [-0.4, -0.2) is 15.0 Å². The molecule has 0 saturated carbocycles. The number of para-hydroxylation sites is 1. The molecule has 0 aliphatic heterocycles. The normalized spacial score (nSPS) is 11.9. The Morgan fingerprint density at radius 2 is 0.842 bits per heavy atom. The van der Waals surface area contributed by atoms with Gasteiger partial charge in [0, 0.05) is 33.0 Å². The van der Waals surface area contributed by atoms with Crippen molar-refractivity contribution in [3.63, 3.8) is 0 Å². The molecule has 0 aliphatic carbocycles. The van der Waals surface area contributed by atoms with Crippen molar-refractivity contribution in [1.82, 2.24) is 15.0 Å². The molecule has 0 unspecified atom stereocenters. The third kappa shape index (κ3) is 5.04. The molecule has 4 heteroatoms. The van der Waals surface area contributed by atoms with Gasteiger partial charge < -0.3 is 4.42 Å². The van der Waals surface area contributed by atoms with Crippen molar-refractivity contribution in [2.24, 2.45) is 0 Å². The number of benzene rings is 10. The highest BCUT2D eigenvalue weighted by Crippen LogP contribution is 2.43. The van der Waals surface area contributed by atoms with Crippen LogP contribution in [0.25, 0.3) is 121 Å². The number of nitrogens with zero attached hydrogens (tertiary/aromatic N) is 3. The first-order valence-corrected chi connectivity index (χ1v) is 19.3. The van der Waals surface area contributed by atoms with Crippen molar-refractivity contribution in [1.29, 1.82) is 0 Å². The molecule has 57 heavy (non-hydrogen) atoms. The molecule has 2 aromatic heterocycles. The molecular weight excluding hydrogens is 695 g/mol. The van der Waals surface area contributed by atoms with Gasteiger partial charge in [0.1, 0.15) is 11.2 Å². The smallest absolute Gasteiger partial charge is 0.164 e. The van der Waals surface area contributed by atoms with Crippen molar-refractivity contribution in [2.45, 2.75) is 0 Å². The summed E-state index contributed by atoms with van der Waals surface area (Å²) in [5.74, 6) is 1.82. The van der Waals surface area contributed by atoms with Crippen molar-refractivity contribution in [3.05, 3.63) is 188 Å². The van der Waals surface area contributed by atoms with E-state index in [2.05, 4.69) is 176 Å². The van der Waals surface area contributed by atoms with Crippen LogP contribution in [0.3, 0.4) is 0 Å². The molecule has 0 bridgehead atoms. The highest BCUT2D eigenvalue weighted by Gasteiger charge is 2.22. The maximum Gasteiger partial charge on any atom is 0.164 e. The van der Waals surface area contributed by atoms with Crippen LogP contribution in [0.2, 0.25) is 0 Å². The van der Waals surface area contributed by atoms with E-state index in [9.17, 15) is 0 Å². The average molecular weight is 726 g/mol. The Morgan fingerprint density at radius 1 is 0.298 bits per heavy atom. The average Bonchev–Trinajstić information content (AvgIpc) is 3.68. The molecule has 0 radical (unpaired) electrons. The third-order valence-electron chi connectivity index (χ3n) is 11.5. The maximum atomic E-state index is 6.77. The van der Waals surface area contributed by atoms with Gasteiger partial charge in [0.05, 0.1) is 0 Å². The van der Waals surface area contributed by atoms with Crippen LogP contribution in [-0.2, 0) is 0 Å². The Balaban J connectivity index is 1.15. The number of aromatic nitrogens is 3. The van der Waals surface area contributed by atoms with Crippen LogP contribution in [0, 0.1) is 0 Å². The van der Waals surface area contributed by atoms with Crippen LogP contribution >= 0.6 is 0 Å². The topological polar surface area (TPSA) is 51.8 Å². The van der Waals surface area contributed by atoms with E-state index in [1.807, 2.05) is 12.1 Å². The number of rotatable bonds is 4. The Hall–Kier alpha value is -7.69. The molecule has 2 heterocycles. The van der Waals surface area contributed by atoms with Crippen molar-refractivity contribution >= 4 is 75.8 Å². The lowest BCUT2D eigenvalue weighted by Crippen LogP contribution is -2.01. The monoisotopic (exact) mass is 725 g/mol. The lowest BCUT2D eigenvalue weighted by Gasteiger charge is -2.14. The fraction of sp³-hybridized carbons (Fsp3) is 0. The Bertz CT molecular complexity index is 3600. The van der Waals surface area contributed by atoms with Gasteiger partial charge in [-0.3, -0.25) is 0 Å². The van der Waals surface area contributed by atoms with Gasteiger partial charge in [-0.25, -0.2) is 15.0 Å². The molecule has 0 fully saturated rings.